The third-order valence-electron chi connectivity index (χ3n) is 16.3. The van der Waals surface area contributed by atoms with Crippen LogP contribution in [0.2, 0.25) is 5.02 Å². The van der Waals surface area contributed by atoms with E-state index in [-0.39, 0.29) is 21.4 Å². The summed E-state index contributed by atoms with van der Waals surface area (Å²) in [6, 6.07) is 74.5. The van der Waals surface area contributed by atoms with Crippen LogP contribution in [0.4, 0.5) is 26.3 Å². The lowest BCUT2D eigenvalue weighted by molar-refractivity contribution is -0.138. The summed E-state index contributed by atoms with van der Waals surface area (Å²) in [4.78, 5) is 8.34. The first-order valence-corrected chi connectivity index (χ1v) is 29.7. The molecule has 0 aliphatic heterocycles. The molecule has 0 saturated carbocycles. The topological polar surface area (TPSA) is 76.1 Å². The molecule has 0 atom stereocenters. The Kier molecular flexibility index (Phi) is 16.0. The number of para-hydroxylation sites is 4. The number of benzene rings is 10. The highest BCUT2D eigenvalue weighted by atomic mass is 35.5. The zero-order valence-electron chi connectivity index (χ0n) is 50.0. The standard InChI is InChI=1S/C38H29F3N2.C20H17ClF3N.C18H14BNO2/c1-37(2,3)32-21-26(20-25-10-4-5-11-28(25)32)34-22-31(33(23-42-34)38(39,40)41)24-16-18-27(19-17-24)43-35-14-8-6-12-29(35)30-13-7-9-15-36(30)43;1-19(2,3)15-9-13(8-12-6-4-5-7-14(12)15)18-10-17(21)16(11-25-18)20(22,23)24;21-19(22)13-9-11-14(12-10-13)20-17-7-3-1-5-15(17)16-6-2-4-8-18(16)20/h4-23H,1-3H3;4-11H,1-3H3;1-12,21-22H. The second kappa shape index (κ2) is 23.8. The van der Waals surface area contributed by atoms with Crippen molar-refractivity contribution in [2.45, 2.75) is 64.7 Å². The van der Waals surface area contributed by atoms with Gasteiger partial charge in [-0.25, -0.2) is 0 Å². The van der Waals surface area contributed by atoms with Crippen LogP contribution in [0.5, 0.6) is 0 Å². The number of halogens is 7. The van der Waals surface area contributed by atoms with Gasteiger partial charge in [0.2, 0.25) is 0 Å². The Bertz CT molecular complexity index is 4900. The van der Waals surface area contributed by atoms with Gasteiger partial charge in [0.25, 0.3) is 0 Å². The first kappa shape index (κ1) is 60.7. The molecule has 0 radical (unpaired) electrons. The fraction of sp³-hybridized carbons (Fsp3) is 0.132. The van der Waals surface area contributed by atoms with E-state index in [1.54, 1.807) is 30.3 Å². The number of nitrogens with zero attached hydrogens (tertiary/aromatic N) is 4. The molecular weight excluding hydrogens is 1160 g/mol. The lowest BCUT2D eigenvalue weighted by atomic mass is 9.80. The first-order chi connectivity index (χ1) is 42.9. The van der Waals surface area contributed by atoms with Gasteiger partial charge in [0.15, 0.2) is 0 Å². The average molecular weight is 1220 g/mol. The summed E-state index contributed by atoms with van der Waals surface area (Å²) in [6.07, 6.45) is -7.30. The quantitative estimate of drug-likeness (QED) is 0.128. The summed E-state index contributed by atoms with van der Waals surface area (Å²) < 4.78 is 85.9. The van der Waals surface area contributed by atoms with Crippen LogP contribution in [-0.4, -0.2) is 36.3 Å². The van der Waals surface area contributed by atoms with Crippen molar-refractivity contribution < 1.29 is 36.4 Å². The summed E-state index contributed by atoms with van der Waals surface area (Å²) in [5.41, 5.74) is 10.1. The minimum Gasteiger partial charge on any atom is -0.423 e. The van der Waals surface area contributed by atoms with Crippen molar-refractivity contribution in [2.75, 3.05) is 0 Å². The van der Waals surface area contributed by atoms with Gasteiger partial charge in [-0.3, -0.25) is 9.97 Å². The van der Waals surface area contributed by atoms with Crippen molar-refractivity contribution in [2.24, 2.45) is 0 Å². The maximum atomic E-state index is 14.3. The van der Waals surface area contributed by atoms with E-state index in [0.29, 0.717) is 22.4 Å². The van der Waals surface area contributed by atoms with E-state index in [0.717, 1.165) is 100 Å². The van der Waals surface area contributed by atoms with Crippen molar-refractivity contribution in [3.63, 3.8) is 0 Å². The Morgan fingerprint density at radius 2 is 0.711 bits per heavy atom. The average Bonchev–Trinajstić information content (AvgIpc) is 1.50. The Hall–Kier alpha value is -9.53. The second-order valence-electron chi connectivity index (χ2n) is 24.4. The van der Waals surface area contributed by atoms with Crippen LogP contribution in [0.15, 0.2) is 243 Å². The summed E-state index contributed by atoms with van der Waals surface area (Å²) in [7, 11) is -1.44. The fourth-order valence-corrected chi connectivity index (χ4v) is 12.3. The van der Waals surface area contributed by atoms with Crippen molar-refractivity contribution in [3.8, 4) is 45.0 Å². The highest BCUT2D eigenvalue weighted by Gasteiger charge is 2.36. The minimum absolute atomic E-state index is 0.108. The summed E-state index contributed by atoms with van der Waals surface area (Å²) >= 11 is 5.85. The van der Waals surface area contributed by atoms with Crippen molar-refractivity contribution in [1.82, 2.24) is 19.1 Å². The molecule has 4 heterocycles. The number of hydrogen-bond donors (Lipinski definition) is 2. The van der Waals surface area contributed by atoms with E-state index in [9.17, 15) is 36.4 Å². The second-order valence-corrected chi connectivity index (χ2v) is 24.8. The van der Waals surface area contributed by atoms with Crippen LogP contribution >= 0.6 is 11.6 Å². The first-order valence-electron chi connectivity index (χ1n) is 29.3. The predicted molar refractivity (Wildman–Crippen MR) is 357 cm³/mol. The maximum Gasteiger partial charge on any atom is 0.488 e. The molecule has 4 aromatic heterocycles. The van der Waals surface area contributed by atoms with Crippen LogP contribution in [0.25, 0.3) is 110 Å². The van der Waals surface area contributed by atoms with Gasteiger partial charge >= 0.3 is 19.5 Å². The van der Waals surface area contributed by atoms with Crippen molar-refractivity contribution >= 4 is 89.3 Å². The fourth-order valence-electron chi connectivity index (χ4n) is 12.0. The summed E-state index contributed by atoms with van der Waals surface area (Å²) in [6.45, 7) is 12.7. The highest BCUT2D eigenvalue weighted by molar-refractivity contribution is 6.58. The number of alkyl halides is 6. The highest BCUT2D eigenvalue weighted by Crippen LogP contribution is 2.43. The molecule has 0 amide bonds. The van der Waals surface area contributed by atoms with Crippen molar-refractivity contribution in [3.05, 3.63) is 270 Å². The van der Waals surface area contributed by atoms with Crippen LogP contribution in [0.3, 0.4) is 0 Å². The van der Waals surface area contributed by atoms with Gasteiger partial charge in [0.05, 0.1) is 49.6 Å². The molecule has 6 nitrogen and oxygen atoms in total. The number of fused-ring (bicyclic) bond motifs is 8. The number of hydrogen-bond acceptors (Lipinski definition) is 4. The van der Waals surface area contributed by atoms with E-state index < -0.39 is 30.6 Å². The lowest BCUT2D eigenvalue weighted by Gasteiger charge is -2.23. The Morgan fingerprint density at radius 1 is 0.367 bits per heavy atom. The van der Waals surface area contributed by atoms with Gasteiger partial charge in [-0.2, -0.15) is 26.3 Å². The van der Waals surface area contributed by atoms with E-state index in [4.69, 9.17) is 11.6 Å². The molecule has 2 N–H and O–H groups in total. The molecule has 10 aromatic carbocycles. The lowest BCUT2D eigenvalue weighted by Crippen LogP contribution is -2.29. The Labute approximate surface area is 522 Å². The van der Waals surface area contributed by atoms with Gasteiger partial charge < -0.3 is 19.2 Å². The molecule has 0 saturated heterocycles. The van der Waals surface area contributed by atoms with Crippen LogP contribution in [0.1, 0.15) is 63.8 Å². The zero-order valence-corrected chi connectivity index (χ0v) is 50.8. The molecule has 14 rings (SSSR count). The van der Waals surface area contributed by atoms with Gasteiger partial charge in [-0.15, -0.1) is 0 Å². The molecular formula is C76H60BClF6N4O2. The Balaban J connectivity index is 0.000000142. The molecule has 0 bridgehead atoms. The third kappa shape index (κ3) is 12.0. The SMILES string of the molecule is CC(C)(C)c1cc(-c2cc(-c3ccc(-n4c5ccccc5c5ccccc54)cc3)c(C(F)(F)F)cn2)cc2ccccc12.CC(C)(C)c1cc(-c2cc(Cl)c(C(F)(F)F)cn2)cc2ccccc12.OB(O)c1ccc(-n2c3ccccc3c3ccccc32)cc1. The van der Waals surface area contributed by atoms with Crippen LogP contribution in [-0.2, 0) is 23.2 Å². The van der Waals surface area contributed by atoms with E-state index in [2.05, 4.69) is 121 Å². The van der Waals surface area contributed by atoms with E-state index >= 15 is 0 Å². The van der Waals surface area contributed by atoms with Crippen LogP contribution in [0, 0.1) is 0 Å². The molecule has 0 unspecified atom stereocenters. The van der Waals surface area contributed by atoms with E-state index in [1.807, 2.05) is 133 Å². The zero-order chi connectivity index (χ0) is 63.4. The van der Waals surface area contributed by atoms with Gasteiger partial charge in [-0.1, -0.05) is 199 Å². The Morgan fingerprint density at radius 3 is 1.08 bits per heavy atom. The predicted octanol–water partition coefficient (Wildman–Crippen LogP) is 20.3. The monoisotopic (exact) mass is 1220 g/mol. The normalized spacial score (nSPS) is 12.2. The smallest absolute Gasteiger partial charge is 0.423 e. The largest absolute Gasteiger partial charge is 0.488 e. The number of pyridine rings is 2. The molecule has 0 spiro atoms. The molecule has 14 aromatic rings. The van der Waals surface area contributed by atoms with Gasteiger partial charge in [0.1, 0.15) is 0 Å². The van der Waals surface area contributed by atoms with Crippen molar-refractivity contribution in [1.29, 1.82) is 0 Å². The van der Waals surface area contributed by atoms with Crippen LogP contribution < -0.4 is 5.46 Å². The van der Waals surface area contributed by atoms with Gasteiger partial charge in [-0.05, 0) is 145 Å². The molecule has 0 aliphatic rings. The number of aromatic nitrogens is 4. The minimum atomic E-state index is -4.55. The summed E-state index contributed by atoms with van der Waals surface area (Å²) in [5, 5.41) is 27.1. The van der Waals surface area contributed by atoms with E-state index in [1.165, 1.54) is 16.8 Å². The van der Waals surface area contributed by atoms with Gasteiger partial charge in [0, 0.05) is 56.4 Å². The molecule has 0 fully saturated rings. The molecule has 448 valence electrons. The molecule has 90 heavy (non-hydrogen) atoms. The number of rotatable bonds is 6. The maximum absolute atomic E-state index is 14.3. The molecule has 14 heteroatoms. The summed E-state index contributed by atoms with van der Waals surface area (Å²) in [5.74, 6) is 0. The molecule has 0 aliphatic carbocycles. The third-order valence-corrected chi connectivity index (χ3v) is 16.7.